The Balaban J connectivity index is 1.64. The summed E-state index contributed by atoms with van der Waals surface area (Å²) in [6.07, 6.45) is 3.42. The number of hydrogen-bond donors (Lipinski definition) is 1. The van der Waals surface area contributed by atoms with Gasteiger partial charge in [-0.05, 0) is 36.4 Å². The summed E-state index contributed by atoms with van der Waals surface area (Å²) in [7, 11) is 3.37. The second-order valence-electron chi connectivity index (χ2n) is 7.57. The third-order valence-electron chi connectivity index (χ3n) is 5.03. The Bertz CT molecular complexity index is 1340. The number of imidazole rings is 1. The van der Waals surface area contributed by atoms with Crippen molar-refractivity contribution in [3.63, 3.8) is 0 Å². The van der Waals surface area contributed by atoms with Crippen molar-refractivity contribution in [2.75, 3.05) is 7.05 Å². The van der Waals surface area contributed by atoms with Crippen LogP contribution in [0.25, 0.3) is 11.3 Å². The summed E-state index contributed by atoms with van der Waals surface area (Å²) in [5.41, 5.74) is 1.23. The number of amides is 1. The summed E-state index contributed by atoms with van der Waals surface area (Å²) in [6.45, 7) is 0.275. The third kappa shape index (κ3) is 4.98. The van der Waals surface area contributed by atoms with E-state index in [1.165, 1.54) is 29.2 Å². The lowest BCUT2D eigenvalue weighted by atomic mass is 10.1. The van der Waals surface area contributed by atoms with E-state index in [0.717, 1.165) is 23.4 Å². The van der Waals surface area contributed by atoms with Crippen molar-refractivity contribution in [2.24, 2.45) is 7.05 Å². The fourth-order valence-electron chi connectivity index (χ4n) is 3.32. The second-order valence-corrected chi connectivity index (χ2v) is 8.53. The van der Waals surface area contributed by atoms with E-state index in [1.807, 2.05) is 0 Å². The summed E-state index contributed by atoms with van der Waals surface area (Å²) in [5.74, 6) is -4.42. The fraction of sp³-hybridized carbons (Fsp3) is 0.174. The molecule has 0 saturated heterocycles. The van der Waals surface area contributed by atoms with Crippen molar-refractivity contribution in [2.45, 2.75) is 17.5 Å². The fourth-order valence-corrected chi connectivity index (χ4v) is 4.20. The minimum Gasteiger partial charge on any atom is -0.336 e. The third-order valence-corrected chi connectivity index (χ3v) is 5.93. The molecule has 0 radical (unpaired) electrons. The lowest BCUT2D eigenvalue weighted by molar-refractivity contribution is 0.0780. The number of aryl methyl sites for hydroxylation is 1. The molecule has 0 unspecified atom stereocenters. The van der Waals surface area contributed by atoms with E-state index in [9.17, 15) is 22.4 Å². The van der Waals surface area contributed by atoms with Gasteiger partial charge in [-0.15, -0.1) is 0 Å². The topological polar surface area (TPSA) is 66.8 Å². The summed E-state index contributed by atoms with van der Waals surface area (Å²) in [4.78, 5) is 22.0. The van der Waals surface area contributed by atoms with Crippen molar-refractivity contribution in [1.29, 1.82) is 0 Å². The van der Waals surface area contributed by atoms with Crippen LogP contribution < -0.4 is 0 Å². The lowest BCUT2D eigenvalue weighted by Gasteiger charge is -2.16. The molecule has 0 fully saturated rings. The van der Waals surface area contributed by atoms with E-state index < -0.39 is 34.7 Å². The van der Waals surface area contributed by atoms with Crippen LogP contribution in [0.3, 0.4) is 0 Å². The first-order chi connectivity index (χ1) is 16.2. The molecule has 0 saturated carbocycles. The maximum Gasteiger partial charge on any atom is 0.272 e. The first kappa shape index (κ1) is 23.6. The highest BCUT2D eigenvalue weighted by atomic mass is 32.2. The van der Waals surface area contributed by atoms with Gasteiger partial charge >= 0.3 is 0 Å². The van der Waals surface area contributed by atoms with Gasteiger partial charge in [0.2, 0.25) is 0 Å². The highest BCUT2D eigenvalue weighted by Gasteiger charge is 2.23. The van der Waals surface area contributed by atoms with Crippen molar-refractivity contribution in [3.05, 3.63) is 88.9 Å². The number of aromatic nitrogens is 4. The Morgan fingerprint density at radius 2 is 1.79 bits per heavy atom. The van der Waals surface area contributed by atoms with Crippen molar-refractivity contribution in [1.82, 2.24) is 24.6 Å². The van der Waals surface area contributed by atoms with Gasteiger partial charge in [-0.3, -0.25) is 9.48 Å². The number of nitrogens with one attached hydrogen (secondary N) is 1. The smallest absolute Gasteiger partial charge is 0.272 e. The number of H-pyrrole nitrogens is 1. The molecule has 0 aliphatic rings. The van der Waals surface area contributed by atoms with Crippen molar-refractivity contribution in [3.8, 4) is 11.3 Å². The molecule has 6 nitrogen and oxygen atoms in total. The second kappa shape index (κ2) is 9.72. The number of aromatic amines is 1. The molecule has 11 heteroatoms. The first-order valence-corrected chi connectivity index (χ1v) is 11.1. The van der Waals surface area contributed by atoms with Gasteiger partial charge in [-0.1, -0.05) is 11.8 Å². The van der Waals surface area contributed by atoms with Gasteiger partial charge in [0.25, 0.3) is 5.91 Å². The average molecular weight is 489 g/mol. The summed E-state index contributed by atoms with van der Waals surface area (Å²) < 4.78 is 56.6. The van der Waals surface area contributed by atoms with Crippen LogP contribution in [0.1, 0.15) is 21.6 Å². The number of thioether (sulfide) groups is 1. The number of carbonyl (C=O) groups is 1. The summed E-state index contributed by atoms with van der Waals surface area (Å²) in [5, 5.41) is 4.28. The number of halogens is 4. The molecule has 1 amide bonds. The highest BCUT2D eigenvalue weighted by molar-refractivity contribution is 7.98. The molecule has 2 heterocycles. The minimum absolute atomic E-state index is 0.126. The molecule has 0 spiro atoms. The maximum atomic E-state index is 14.0. The molecule has 4 rings (SSSR count). The van der Waals surface area contributed by atoms with Crippen molar-refractivity contribution >= 4 is 17.7 Å². The SMILES string of the molecule is CN(Cc1cnn(C)c1)C(=O)c1[nH]c(SCc2c(F)ccc(F)c2F)nc1-c1ccc(F)cc1. The molecule has 4 aromatic rings. The van der Waals surface area contributed by atoms with Crippen LogP contribution >= 0.6 is 11.8 Å². The van der Waals surface area contributed by atoms with Gasteiger partial charge in [0.1, 0.15) is 23.0 Å². The normalized spacial score (nSPS) is 11.1. The lowest BCUT2D eigenvalue weighted by Crippen LogP contribution is -2.26. The van der Waals surface area contributed by atoms with Crippen LogP contribution in [0, 0.1) is 23.3 Å². The molecule has 1 N–H and O–H groups in total. The first-order valence-electron chi connectivity index (χ1n) is 10.1. The average Bonchev–Trinajstić information content (AvgIpc) is 3.42. The summed E-state index contributed by atoms with van der Waals surface area (Å²) in [6, 6.07) is 6.99. The van der Waals surface area contributed by atoms with Gasteiger partial charge in [-0.2, -0.15) is 5.10 Å². The Kier molecular flexibility index (Phi) is 6.73. The largest absolute Gasteiger partial charge is 0.336 e. The summed E-state index contributed by atoms with van der Waals surface area (Å²) >= 11 is 0.908. The maximum absolute atomic E-state index is 14.0. The van der Waals surface area contributed by atoms with Gasteiger partial charge in [0.15, 0.2) is 16.8 Å². The van der Waals surface area contributed by atoms with Crippen LogP contribution in [0.4, 0.5) is 17.6 Å². The van der Waals surface area contributed by atoms with Crippen LogP contribution in [-0.4, -0.2) is 37.6 Å². The molecule has 176 valence electrons. The Hall–Kier alpha value is -3.60. The number of hydrogen-bond acceptors (Lipinski definition) is 4. The zero-order valence-electron chi connectivity index (χ0n) is 18.2. The molecule has 0 bridgehead atoms. The number of carbonyl (C=O) groups excluding carboxylic acids is 1. The van der Waals surface area contributed by atoms with Crippen LogP contribution in [0.15, 0.2) is 53.9 Å². The van der Waals surface area contributed by atoms with E-state index in [1.54, 1.807) is 31.2 Å². The molecular weight excluding hydrogens is 470 g/mol. The van der Waals surface area contributed by atoms with Gasteiger partial charge in [0, 0.05) is 49.3 Å². The predicted octanol–water partition coefficient (Wildman–Crippen LogP) is 4.93. The molecule has 0 aliphatic heterocycles. The van der Waals surface area contributed by atoms with E-state index in [2.05, 4.69) is 15.1 Å². The zero-order chi connectivity index (χ0) is 24.4. The van der Waals surface area contributed by atoms with E-state index in [4.69, 9.17) is 0 Å². The van der Waals surface area contributed by atoms with Gasteiger partial charge < -0.3 is 9.88 Å². The monoisotopic (exact) mass is 489 g/mol. The minimum atomic E-state index is -1.27. The van der Waals surface area contributed by atoms with Gasteiger partial charge in [0.05, 0.1) is 6.20 Å². The standard InChI is InChI=1S/C23H19F4N5OS/c1-31(10-13-9-28-32(2)11-13)22(33)21-20(14-3-5-15(24)6-4-14)29-23(30-21)34-12-16-17(25)7-8-18(26)19(16)27/h3-9,11H,10,12H2,1-2H3,(H,29,30). The van der Waals surface area contributed by atoms with Crippen molar-refractivity contribution < 1.29 is 22.4 Å². The molecular formula is C23H19F4N5OS. The molecule has 0 atom stereocenters. The molecule has 2 aromatic heterocycles. The Labute approximate surface area is 196 Å². The van der Waals surface area contributed by atoms with Crippen LogP contribution in [0.2, 0.25) is 0 Å². The number of rotatable bonds is 7. The quantitative estimate of drug-likeness (QED) is 0.227. The number of nitrogens with zero attached hydrogens (tertiary/aromatic N) is 4. The molecule has 0 aliphatic carbocycles. The van der Waals surface area contributed by atoms with Crippen LogP contribution in [0.5, 0.6) is 0 Å². The zero-order valence-corrected chi connectivity index (χ0v) is 19.0. The highest BCUT2D eigenvalue weighted by Crippen LogP contribution is 2.30. The Morgan fingerprint density at radius 1 is 1.09 bits per heavy atom. The molecule has 34 heavy (non-hydrogen) atoms. The van der Waals surface area contributed by atoms with E-state index in [0.29, 0.717) is 11.6 Å². The molecule has 2 aromatic carbocycles. The van der Waals surface area contributed by atoms with E-state index >= 15 is 0 Å². The number of benzene rings is 2. The van der Waals surface area contributed by atoms with E-state index in [-0.39, 0.29) is 28.8 Å². The van der Waals surface area contributed by atoms with Crippen LogP contribution in [-0.2, 0) is 19.3 Å². The Morgan fingerprint density at radius 3 is 2.47 bits per heavy atom. The predicted molar refractivity (Wildman–Crippen MR) is 119 cm³/mol. The van der Waals surface area contributed by atoms with Gasteiger partial charge in [-0.25, -0.2) is 22.5 Å².